The highest BCUT2D eigenvalue weighted by atomic mass is 16.2. The Bertz CT molecular complexity index is 815. The van der Waals surface area contributed by atoms with E-state index < -0.39 is 17.7 Å². The lowest BCUT2D eigenvalue weighted by Gasteiger charge is -2.21. The zero-order valence-corrected chi connectivity index (χ0v) is 13.2. The van der Waals surface area contributed by atoms with Gasteiger partial charge in [0.15, 0.2) is 0 Å². The number of nitrogens with one attached hydrogen (secondary N) is 1. The number of carbonyl (C=O) groups is 3. The maximum absolute atomic E-state index is 12.5. The molecule has 0 fully saturated rings. The number of anilines is 2. The van der Waals surface area contributed by atoms with Crippen LogP contribution < -0.4 is 16.0 Å². The number of nitrogens with two attached hydrogens (primary N) is 1. The van der Waals surface area contributed by atoms with Crippen molar-refractivity contribution >= 4 is 29.1 Å². The molecule has 3 N–H and O–H groups in total. The minimum Gasteiger partial charge on any atom is -0.399 e. The first-order valence-electron chi connectivity index (χ1n) is 7.59. The van der Waals surface area contributed by atoms with Gasteiger partial charge in [0.05, 0.1) is 0 Å². The van der Waals surface area contributed by atoms with Gasteiger partial charge < -0.3 is 10.6 Å². The van der Waals surface area contributed by atoms with Gasteiger partial charge in [0.1, 0.15) is 0 Å². The van der Waals surface area contributed by atoms with Crippen molar-refractivity contribution in [3.05, 3.63) is 59.7 Å². The Labute approximate surface area is 139 Å². The summed E-state index contributed by atoms with van der Waals surface area (Å²) in [4.78, 5) is 38.2. The third-order valence-electron chi connectivity index (χ3n) is 4.02. The van der Waals surface area contributed by atoms with Crippen LogP contribution in [0.4, 0.5) is 11.4 Å². The fourth-order valence-electron chi connectivity index (χ4n) is 2.85. The maximum atomic E-state index is 12.5. The fraction of sp³-hybridized carbons (Fsp3) is 0.167. The van der Waals surface area contributed by atoms with Crippen LogP contribution in [-0.4, -0.2) is 23.8 Å². The van der Waals surface area contributed by atoms with Crippen molar-refractivity contribution in [3.8, 4) is 0 Å². The van der Waals surface area contributed by atoms with Crippen LogP contribution in [0.15, 0.2) is 48.5 Å². The highest BCUT2D eigenvalue weighted by molar-refractivity contribution is 6.43. The number of hydrogen-bond acceptors (Lipinski definition) is 4. The van der Waals surface area contributed by atoms with Crippen molar-refractivity contribution in [1.29, 1.82) is 0 Å². The first-order valence-corrected chi connectivity index (χ1v) is 7.59. The number of para-hydroxylation sites is 1. The molecule has 1 heterocycles. The van der Waals surface area contributed by atoms with Crippen molar-refractivity contribution < 1.29 is 14.4 Å². The molecule has 24 heavy (non-hydrogen) atoms. The fourth-order valence-corrected chi connectivity index (χ4v) is 2.85. The lowest BCUT2D eigenvalue weighted by atomic mass is 10.1. The second kappa shape index (κ2) is 6.16. The van der Waals surface area contributed by atoms with E-state index in [9.17, 15) is 14.4 Å². The molecule has 0 aromatic heterocycles. The number of imide groups is 1. The summed E-state index contributed by atoms with van der Waals surface area (Å²) in [6.45, 7) is 1.87. The van der Waals surface area contributed by atoms with Gasteiger partial charge >= 0.3 is 11.8 Å². The van der Waals surface area contributed by atoms with Crippen molar-refractivity contribution in [2.75, 3.05) is 10.6 Å². The lowest BCUT2D eigenvalue weighted by molar-refractivity contribution is -0.137. The van der Waals surface area contributed by atoms with E-state index in [1.165, 1.54) is 17.0 Å². The number of fused-ring (bicyclic) bond motifs is 1. The summed E-state index contributed by atoms with van der Waals surface area (Å²) < 4.78 is 0. The normalized spacial score (nSPS) is 15.7. The molecule has 0 spiro atoms. The molecule has 6 nitrogen and oxygen atoms in total. The highest BCUT2D eigenvalue weighted by Crippen LogP contribution is 2.31. The van der Waals surface area contributed by atoms with Crippen LogP contribution in [0.1, 0.15) is 22.8 Å². The highest BCUT2D eigenvalue weighted by Gasteiger charge is 2.34. The summed E-state index contributed by atoms with van der Waals surface area (Å²) >= 11 is 0. The van der Waals surface area contributed by atoms with Crippen molar-refractivity contribution in [2.24, 2.45) is 0 Å². The second-order valence-electron chi connectivity index (χ2n) is 5.76. The summed E-state index contributed by atoms with van der Waals surface area (Å²) in [6.07, 6.45) is 0.682. The molecule has 0 radical (unpaired) electrons. The summed E-state index contributed by atoms with van der Waals surface area (Å²) in [6, 6.07) is 13.4. The molecule has 0 saturated carbocycles. The number of nitrogens with zero attached hydrogens (tertiary/aromatic N) is 1. The van der Waals surface area contributed by atoms with Crippen molar-refractivity contribution in [1.82, 2.24) is 5.32 Å². The Morgan fingerprint density at radius 2 is 1.75 bits per heavy atom. The summed E-state index contributed by atoms with van der Waals surface area (Å²) in [5.41, 5.74) is 8.06. The summed E-state index contributed by atoms with van der Waals surface area (Å²) in [5.74, 6) is -2.31. The lowest BCUT2D eigenvalue weighted by Crippen LogP contribution is -2.47. The third-order valence-corrected chi connectivity index (χ3v) is 4.02. The summed E-state index contributed by atoms with van der Waals surface area (Å²) in [5, 5.41) is 2.13. The van der Waals surface area contributed by atoms with E-state index in [0.717, 1.165) is 5.56 Å². The largest absolute Gasteiger partial charge is 0.399 e. The molecular formula is C18H17N3O3. The molecule has 0 aliphatic carbocycles. The predicted molar refractivity (Wildman–Crippen MR) is 90.4 cm³/mol. The van der Waals surface area contributed by atoms with Crippen LogP contribution in [0.2, 0.25) is 0 Å². The zero-order valence-electron chi connectivity index (χ0n) is 13.2. The van der Waals surface area contributed by atoms with Crippen LogP contribution in [0, 0.1) is 0 Å². The Balaban J connectivity index is 1.74. The molecule has 0 saturated heterocycles. The predicted octanol–water partition coefficient (Wildman–Crippen LogP) is 1.50. The Morgan fingerprint density at radius 3 is 2.46 bits per heavy atom. The molecular weight excluding hydrogens is 306 g/mol. The van der Waals surface area contributed by atoms with Crippen molar-refractivity contribution in [3.63, 3.8) is 0 Å². The van der Waals surface area contributed by atoms with Gasteiger partial charge in [0.25, 0.3) is 5.91 Å². The molecule has 122 valence electrons. The molecule has 3 amide bonds. The van der Waals surface area contributed by atoms with Gasteiger partial charge in [-0.15, -0.1) is 0 Å². The average Bonchev–Trinajstić information content (AvgIpc) is 2.90. The van der Waals surface area contributed by atoms with Gasteiger partial charge in [-0.2, -0.15) is 0 Å². The average molecular weight is 323 g/mol. The molecule has 6 heteroatoms. The van der Waals surface area contributed by atoms with E-state index in [4.69, 9.17) is 5.73 Å². The van der Waals surface area contributed by atoms with Gasteiger partial charge in [0.2, 0.25) is 0 Å². The van der Waals surface area contributed by atoms with E-state index in [-0.39, 0.29) is 11.6 Å². The molecule has 1 unspecified atom stereocenters. The van der Waals surface area contributed by atoms with E-state index in [1.807, 2.05) is 25.1 Å². The topological polar surface area (TPSA) is 92.5 Å². The van der Waals surface area contributed by atoms with E-state index in [1.54, 1.807) is 18.2 Å². The van der Waals surface area contributed by atoms with Crippen LogP contribution in [0.3, 0.4) is 0 Å². The monoisotopic (exact) mass is 323 g/mol. The van der Waals surface area contributed by atoms with Crippen LogP contribution in [-0.2, 0) is 16.0 Å². The second-order valence-corrected chi connectivity index (χ2v) is 5.76. The Morgan fingerprint density at radius 1 is 1.08 bits per heavy atom. The van der Waals surface area contributed by atoms with Crippen molar-refractivity contribution in [2.45, 2.75) is 19.4 Å². The maximum Gasteiger partial charge on any atom is 0.317 e. The number of nitrogen functional groups attached to an aromatic ring is 1. The smallest absolute Gasteiger partial charge is 0.317 e. The Hall–Kier alpha value is -3.15. The van der Waals surface area contributed by atoms with Crippen LogP contribution in [0.25, 0.3) is 0 Å². The van der Waals surface area contributed by atoms with Gasteiger partial charge in [0, 0.05) is 23.0 Å². The quantitative estimate of drug-likeness (QED) is 0.614. The first-order chi connectivity index (χ1) is 11.5. The third kappa shape index (κ3) is 2.86. The van der Waals surface area contributed by atoms with Crippen LogP contribution >= 0.6 is 0 Å². The number of amides is 3. The Kier molecular flexibility index (Phi) is 4.04. The molecule has 1 aliphatic rings. The minimum absolute atomic E-state index is 0.132. The molecule has 1 atom stereocenters. The minimum atomic E-state index is -0.944. The van der Waals surface area contributed by atoms with Gasteiger partial charge in [-0.3, -0.25) is 19.7 Å². The first kappa shape index (κ1) is 15.7. The number of carbonyl (C=O) groups excluding carboxylic acids is 3. The zero-order chi connectivity index (χ0) is 17.3. The molecule has 0 bridgehead atoms. The van der Waals surface area contributed by atoms with Gasteiger partial charge in [-0.05, 0) is 49.2 Å². The van der Waals surface area contributed by atoms with E-state index >= 15 is 0 Å². The van der Waals surface area contributed by atoms with Gasteiger partial charge in [-0.25, -0.2) is 0 Å². The molecule has 1 aliphatic heterocycles. The van der Waals surface area contributed by atoms with E-state index in [2.05, 4.69) is 5.32 Å². The summed E-state index contributed by atoms with van der Waals surface area (Å²) in [7, 11) is 0. The van der Waals surface area contributed by atoms with E-state index in [0.29, 0.717) is 17.8 Å². The van der Waals surface area contributed by atoms with Crippen LogP contribution in [0.5, 0.6) is 0 Å². The SMILES string of the molecule is CC1Cc2ccccc2N1C(=O)C(=O)NC(=O)c1ccc(N)cc1. The standard InChI is InChI=1S/C18H17N3O3/c1-11-10-13-4-2-3-5-15(13)21(11)18(24)17(23)20-16(22)12-6-8-14(19)9-7-12/h2-9,11H,10,19H2,1H3,(H,20,22,23). The number of hydrogen-bond donors (Lipinski definition) is 2. The number of rotatable bonds is 1. The number of benzene rings is 2. The van der Waals surface area contributed by atoms with Gasteiger partial charge in [-0.1, -0.05) is 18.2 Å². The molecule has 3 rings (SSSR count). The molecule has 2 aromatic rings. The molecule has 2 aromatic carbocycles.